The van der Waals surface area contributed by atoms with Crippen LogP contribution in [0.4, 0.5) is 0 Å². The molecule has 2 aliphatic rings. The lowest BCUT2D eigenvalue weighted by atomic mass is 9.81. The number of carbonyl (C=O) groups excluding carboxylic acids is 1. The van der Waals surface area contributed by atoms with E-state index in [0.717, 1.165) is 45.9 Å². The second-order valence-corrected chi connectivity index (χ2v) is 19.0. The summed E-state index contributed by atoms with van der Waals surface area (Å²) in [6, 6.07) is 23.7. The molecule has 0 aromatic heterocycles. The molecule has 0 aliphatic carbocycles. The van der Waals surface area contributed by atoms with Crippen molar-refractivity contribution in [1.29, 1.82) is 0 Å². The topological polar surface area (TPSA) is 117 Å². The zero-order valence-electron chi connectivity index (χ0n) is 32.6. The van der Waals surface area contributed by atoms with Crippen molar-refractivity contribution in [2.45, 2.75) is 52.6 Å². The van der Waals surface area contributed by atoms with Gasteiger partial charge < -0.3 is 0 Å². The van der Waals surface area contributed by atoms with Crippen LogP contribution in [-0.4, -0.2) is 82.8 Å². The standard InChI is InChI=1S/C43H44Cl2N4O5S2/c1-9-27-11-13-31(29-15-19-33(44)20-16-29)23-35(27)37-39(48(5)46-25(3)42(37)55(7,51)52)41(50)40-38(43(56(8,53)54)26(4)47-49(40)6)36-24-32(14-12-28(36)10-2)30-17-21-34(45)22-18-30/h11-24,39-40H,9-10H2,1-8H3. The van der Waals surface area contributed by atoms with Gasteiger partial charge in [0.05, 0.1) is 21.2 Å². The summed E-state index contributed by atoms with van der Waals surface area (Å²) in [7, 11) is -4.69. The Kier molecular flexibility index (Phi) is 11.6. The van der Waals surface area contributed by atoms with Crippen LogP contribution >= 0.6 is 23.2 Å². The molecular formula is C43H44Cl2N4O5S2. The SMILES string of the molecule is CCc1ccc(-c2ccc(Cl)cc2)cc1C1=C(S(C)(=O)=O)C(C)=NN(C)C1C(=O)C1C(c2cc(-c3ccc(Cl)cc3)ccc2CC)=C(S(C)(=O)=O)C(C)=NN1C. The number of nitrogens with zero attached hydrogens (tertiary/aromatic N) is 4. The van der Waals surface area contributed by atoms with Crippen LogP contribution in [0.25, 0.3) is 33.4 Å². The molecule has 4 aromatic rings. The summed E-state index contributed by atoms with van der Waals surface area (Å²) in [5, 5.41) is 13.4. The van der Waals surface area contributed by atoms with E-state index in [9.17, 15) is 16.8 Å². The molecule has 6 rings (SSSR count). The highest BCUT2D eigenvalue weighted by atomic mass is 35.5. The van der Waals surface area contributed by atoms with Crippen LogP contribution in [0.2, 0.25) is 10.0 Å². The summed E-state index contributed by atoms with van der Waals surface area (Å²) >= 11 is 12.4. The summed E-state index contributed by atoms with van der Waals surface area (Å²) in [4.78, 5) is 15.7. The number of hydrogen-bond donors (Lipinski definition) is 0. The van der Waals surface area contributed by atoms with E-state index in [1.165, 1.54) is 10.0 Å². The van der Waals surface area contributed by atoms with Gasteiger partial charge in [0.1, 0.15) is 12.1 Å². The lowest BCUT2D eigenvalue weighted by Crippen LogP contribution is -2.51. The predicted molar refractivity (Wildman–Crippen MR) is 230 cm³/mol. The lowest BCUT2D eigenvalue weighted by molar-refractivity contribution is -0.125. The molecule has 2 aliphatic heterocycles. The first-order chi connectivity index (χ1) is 26.3. The van der Waals surface area contributed by atoms with E-state index in [4.69, 9.17) is 23.2 Å². The first kappa shape index (κ1) is 41.1. The molecular weight excluding hydrogens is 788 g/mol. The predicted octanol–water partition coefficient (Wildman–Crippen LogP) is 8.61. The molecule has 4 aromatic carbocycles. The highest BCUT2D eigenvalue weighted by Crippen LogP contribution is 2.42. The van der Waals surface area contributed by atoms with Crippen molar-refractivity contribution in [2.75, 3.05) is 26.6 Å². The summed E-state index contributed by atoms with van der Waals surface area (Å²) < 4.78 is 55.5. The number of rotatable bonds is 10. The largest absolute Gasteiger partial charge is 0.294 e. The maximum Gasteiger partial charge on any atom is 0.190 e. The maximum absolute atomic E-state index is 15.8. The fourth-order valence-electron chi connectivity index (χ4n) is 7.88. The first-order valence-electron chi connectivity index (χ1n) is 18.1. The molecule has 0 amide bonds. The number of allylic oxidation sites excluding steroid dienone is 2. The molecule has 2 unspecified atom stereocenters. The Bertz CT molecular complexity index is 2420. The molecule has 9 nitrogen and oxygen atoms in total. The van der Waals surface area contributed by atoms with E-state index in [-0.39, 0.29) is 32.4 Å². The van der Waals surface area contributed by atoms with E-state index in [1.807, 2.05) is 74.5 Å². The van der Waals surface area contributed by atoms with Gasteiger partial charge in [0, 0.05) is 47.8 Å². The lowest BCUT2D eigenvalue weighted by Gasteiger charge is -2.40. The second-order valence-electron chi connectivity index (χ2n) is 14.2. The van der Waals surface area contributed by atoms with Crippen molar-refractivity contribution in [2.24, 2.45) is 10.2 Å². The van der Waals surface area contributed by atoms with Gasteiger partial charge in [-0.15, -0.1) is 0 Å². The Morgan fingerprint density at radius 3 is 1.21 bits per heavy atom. The van der Waals surface area contributed by atoms with Gasteiger partial charge in [0.2, 0.25) is 0 Å². The number of carbonyl (C=O) groups is 1. The van der Waals surface area contributed by atoms with Gasteiger partial charge in [0.15, 0.2) is 25.5 Å². The number of halogens is 2. The van der Waals surface area contributed by atoms with Gasteiger partial charge >= 0.3 is 0 Å². The van der Waals surface area contributed by atoms with Crippen LogP contribution in [-0.2, 0) is 37.3 Å². The zero-order valence-corrected chi connectivity index (χ0v) is 35.7. The monoisotopic (exact) mass is 830 g/mol. The summed E-state index contributed by atoms with van der Waals surface area (Å²) in [5.74, 6) is -0.493. The van der Waals surface area contributed by atoms with Crippen LogP contribution in [0.3, 0.4) is 0 Å². The maximum atomic E-state index is 15.8. The number of hydrogen-bond acceptors (Lipinski definition) is 9. The normalized spacial score (nSPS) is 18.0. The van der Waals surface area contributed by atoms with Crippen molar-refractivity contribution >= 4 is 71.2 Å². The quantitative estimate of drug-likeness (QED) is 0.157. The molecule has 0 N–H and O–H groups in total. The first-order valence-corrected chi connectivity index (χ1v) is 22.7. The smallest absolute Gasteiger partial charge is 0.190 e. The van der Waals surface area contributed by atoms with Crippen molar-refractivity contribution < 1.29 is 21.6 Å². The minimum atomic E-state index is -3.98. The molecule has 0 spiro atoms. The summed E-state index contributed by atoms with van der Waals surface area (Å²) in [5.41, 5.74) is 7.09. The zero-order chi connectivity index (χ0) is 40.9. The van der Waals surface area contributed by atoms with Gasteiger partial charge in [0.25, 0.3) is 0 Å². The Labute approximate surface area is 339 Å². The molecule has 0 fully saturated rings. The van der Waals surface area contributed by atoms with Crippen molar-refractivity contribution in [1.82, 2.24) is 10.0 Å². The van der Waals surface area contributed by atoms with Crippen molar-refractivity contribution in [3.05, 3.63) is 127 Å². The van der Waals surface area contributed by atoms with Crippen LogP contribution < -0.4 is 0 Å². The molecule has 0 bridgehead atoms. The molecule has 56 heavy (non-hydrogen) atoms. The fraction of sp³-hybridized carbons (Fsp3) is 0.279. The van der Waals surface area contributed by atoms with Crippen molar-refractivity contribution in [3.63, 3.8) is 0 Å². The molecule has 13 heteroatoms. The van der Waals surface area contributed by atoms with E-state index in [1.54, 1.807) is 52.2 Å². The van der Waals surface area contributed by atoms with Crippen LogP contribution in [0.15, 0.2) is 105 Å². The van der Waals surface area contributed by atoms with E-state index < -0.39 is 37.5 Å². The Hall–Kier alpha value is -4.55. The summed E-state index contributed by atoms with van der Waals surface area (Å²) in [6.07, 6.45) is 3.30. The number of ketones is 1. The molecule has 292 valence electrons. The third-order valence-corrected chi connectivity index (χ3v) is 13.3. The molecule has 0 saturated carbocycles. The minimum Gasteiger partial charge on any atom is -0.294 e. The van der Waals surface area contributed by atoms with Gasteiger partial charge in [-0.3, -0.25) is 14.8 Å². The van der Waals surface area contributed by atoms with E-state index >= 15 is 4.79 Å². The van der Waals surface area contributed by atoms with Crippen LogP contribution in [0.1, 0.15) is 49.9 Å². The number of sulfone groups is 2. The Morgan fingerprint density at radius 2 is 0.911 bits per heavy atom. The molecule has 0 radical (unpaired) electrons. The Morgan fingerprint density at radius 1 is 0.589 bits per heavy atom. The highest BCUT2D eigenvalue weighted by molar-refractivity contribution is 7.96. The third-order valence-electron chi connectivity index (χ3n) is 10.3. The number of aryl methyl sites for hydroxylation is 2. The third kappa shape index (κ3) is 7.87. The minimum absolute atomic E-state index is 0.0529. The van der Waals surface area contributed by atoms with Crippen LogP contribution in [0, 0.1) is 0 Å². The molecule has 2 atom stereocenters. The second kappa shape index (κ2) is 15.8. The van der Waals surface area contributed by atoms with Gasteiger partial charge in [-0.2, -0.15) is 10.2 Å². The van der Waals surface area contributed by atoms with E-state index in [2.05, 4.69) is 10.2 Å². The highest BCUT2D eigenvalue weighted by Gasteiger charge is 2.46. The van der Waals surface area contributed by atoms with Gasteiger partial charge in [-0.05, 0) is 108 Å². The fourth-order valence-corrected chi connectivity index (χ4v) is 10.5. The molecule has 0 saturated heterocycles. The number of hydrazone groups is 2. The Balaban J connectivity index is 1.66. The van der Waals surface area contributed by atoms with Crippen LogP contribution in [0.5, 0.6) is 0 Å². The average Bonchev–Trinajstić information content (AvgIpc) is 3.13. The average molecular weight is 832 g/mol. The van der Waals surface area contributed by atoms with Gasteiger partial charge in [-0.1, -0.05) is 85.6 Å². The number of benzene rings is 4. The molecule has 2 heterocycles. The van der Waals surface area contributed by atoms with Crippen molar-refractivity contribution in [3.8, 4) is 22.3 Å². The van der Waals surface area contributed by atoms with Gasteiger partial charge in [-0.25, -0.2) is 16.8 Å². The van der Waals surface area contributed by atoms with E-state index in [0.29, 0.717) is 34.0 Å². The number of Topliss-reactive ketones (excluding diaryl/α,β-unsaturated/α-hetero) is 1. The summed E-state index contributed by atoms with van der Waals surface area (Å²) in [6.45, 7) is 7.17. The number of likely N-dealkylation sites (N-methyl/N-ethyl adjacent to an activating group) is 2.